The van der Waals surface area contributed by atoms with Crippen molar-refractivity contribution < 1.29 is 4.74 Å². The highest BCUT2D eigenvalue weighted by Crippen LogP contribution is 2.28. The van der Waals surface area contributed by atoms with E-state index in [1.165, 1.54) is 0 Å². The van der Waals surface area contributed by atoms with Crippen molar-refractivity contribution in [3.63, 3.8) is 0 Å². The molecule has 1 aromatic heterocycles. The van der Waals surface area contributed by atoms with Gasteiger partial charge in [0.15, 0.2) is 0 Å². The summed E-state index contributed by atoms with van der Waals surface area (Å²) in [5.41, 5.74) is 8.74. The van der Waals surface area contributed by atoms with Gasteiger partial charge in [-0.2, -0.15) is 0 Å². The number of anilines is 1. The van der Waals surface area contributed by atoms with E-state index in [0.717, 1.165) is 40.9 Å². The molecule has 0 amide bonds. The summed E-state index contributed by atoms with van der Waals surface area (Å²) in [6, 6.07) is 7.83. The molecule has 0 saturated carbocycles. The van der Waals surface area contributed by atoms with Gasteiger partial charge in [0.1, 0.15) is 11.3 Å². The van der Waals surface area contributed by atoms with Gasteiger partial charge in [0.2, 0.25) is 0 Å². The summed E-state index contributed by atoms with van der Waals surface area (Å²) in [6.45, 7) is 4.74. The summed E-state index contributed by atoms with van der Waals surface area (Å²) >= 11 is 0. The summed E-state index contributed by atoms with van der Waals surface area (Å²) < 4.78 is 5.59. The lowest BCUT2D eigenvalue weighted by molar-refractivity contribution is 0.343. The van der Waals surface area contributed by atoms with E-state index in [0.29, 0.717) is 6.61 Å². The van der Waals surface area contributed by atoms with Crippen LogP contribution in [0.25, 0.3) is 10.9 Å². The summed E-state index contributed by atoms with van der Waals surface area (Å²) in [7, 11) is 0. The minimum Gasteiger partial charge on any atom is -0.492 e. The third kappa shape index (κ3) is 2.33. The lowest BCUT2D eigenvalue weighted by Crippen LogP contribution is -1.99. The number of hydrogen-bond donors (Lipinski definition) is 1. The monoisotopic (exact) mass is 230 g/mol. The lowest BCUT2D eigenvalue weighted by Gasteiger charge is -2.10. The number of hydrogen-bond acceptors (Lipinski definition) is 3. The molecule has 2 N–H and O–H groups in total. The molecular formula is C14H18N2O. The number of fused-ring (bicyclic) bond motifs is 1. The molecule has 0 unspecified atom stereocenters. The van der Waals surface area contributed by atoms with E-state index in [1.54, 1.807) is 0 Å². The number of nitrogens with two attached hydrogens (primary N) is 1. The van der Waals surface area contributed by atoms with Crippen LogP contribution < -0.4 is 10.5 Å². The number of ether oxygens (including phenoxy) is 1. The van der Waals surface area contributed by atoms with E-state index in [1.807, 2.05) is 31.2 Å². The highest BCUT2D eigenvalue weighted by molar-refractivity contribution is 5.94. The van der Waals surface area contributed by atoms with Gasteiger partial charge in [-0.1, -0.05) is 25.5 Å². The quantitative estimate of drug-likeness (QED) is 0.877. The van der Waals surface area contributed by atoms with Crippen molar-refractivity contribution in [3.8, 4) is 5.75 Å². The molecule has 0 aliphatic carbocycles. The van der Waals surface area contributed by atoms with Crippen molar-refractivity contribution in [2.45, 2.75) is 26.7 Å². The highest BCUT2D eigenvalue weighted by Gasteiger charge is 2.07. The third-order valence-corrected chi connectivity index (χ3v) is 2.69. The SMILES string of the molecule is CCCc1cc(N)c2cccc(OCC)c2n1. The van der Waals surface area contributed by atoms with Crippen molar-refractivity contribution in [1.82, 2.24) is 4.98 Å². The average molecular weight is 230 g/mol. The first kappa shape index (κ1) is 11.7. The van der Waals surface area contributed by atoms with Crippen LogP contribution in [0.5, 0.6) is 5.75 Å². The topological polar surface area (TPSA) is 48.1 Å². The van der Waals surface area contributed by atoms with Crippen LogP contribution >= 0.6 is 0 Å². The number of pyridine rings is 1. The second-order valence-electron chi connectivity index (χ2n) is 4.04. The second kappa shape index (κ2) is 5.04. The van der Waals surface area contributed by atoms with Gasteiger partial charge < -0.3 is 10.5 Å². The Morgan fingerprint density at radius 2 is 2.12 bits per heavy atom. The van der Waals surface area contributed by atoms with Crippen LogP contribution in [0.4, 0.5) is 5.69 Å². The number of aryl methyl sites for hydroxylation is 1. The van der Waals surface area contributed by atoms with Gasteiger partial charge in [-0.25, -0.2) is 4.98 Å². The summed E-state index contributed by atoms with van der Waals surface area (Å²) in [6.07, 6.45) is 2.01. The Labute approximate surface area is 102 Å². The normalized spacial score (nSPS) is 10.7. The van der Waals surface area contributed by atoms with Gasteiger partial charge >= 0.3 is 0 Å². The molecule has 3 nitrogen and oxygen atoms in total. The fraction of sp³-hybridized carbons (Fsp3) is 0.357. The smallest absolute Gasteiger partial charge is 0.145 e. The first-order chi connectivity index (χ1) is 8.26. The molecular weight excluding hydrogens is 212 g/mol. The maximum atomic E-state index is 6.06. The van der Waals surface area contributed by atoms with E-state index >= 15 is 0 Å². The molecule has 3 heteroatoms. The minimum atomic E-state index is 0.638. The zero-order valence-corrected chi connectivity index (χ0v) is 10.4. The Morgan fingerprint density at radius 3 is 2.82 bits per heavy atom. The van der Waals surface area contributed by atoms with E-state index in [2.05, 4.69) is 11.9 Å². The number of nitrogen functional groups attached to an aromatic ring is 1. The maximum absolute atomic E-state index is 6.06. The molecule has 0 fully saturated rings. The van der Waals surface area contributed by atoms with Crippen molar-refractivity contribution in [2.24, 2.45) is 0 Å². The average Bonchev–Trinajstić information content (AvgIpc) is 2.31. The molecule has 0 saturated heterocycles. The van der Waals surface area contributed by atoms with Crippen LogP contribution in [-0.4, -0.2) is 11.6 Å². The molecule has 90 valence electrons. The Kier molecular flexibility index (Phi) is 3.47. The Bertz CT molecular complexity index is 523. The number of benzene rings is 1. The van der Waals surface area contributed by atoms with Gasteiger partial charge in [0.25, 0.3) is 0 Å². The van der Waals surface area contributed by atoms with E-state index < -0.39 is 0 Å². The largest absolute Gasteiger partial charge is 0.492 e. The fourth-order valence-electron chi connectivity index (χ4n) is 1.96. The van der Waals surface area contributed by atoms with Gasteiger partial charge in [-0.3, -0.25) is 0 Å². The zero-order chi connectivity index (χ0) is 12.3. The molecule has 0 bridgehead atoms. The lowest BCUT2D eigenvalue weighted by atomic mass is 10.1. The molecule has 2 aromatic rings. The molecule has 0 aliphatic heterocycles. The molecule has 0 spiro atoms. The molecule has 2 rings (SSSR count). The van der Waals surface area contributed by atoms with Gasteiger partial charge in [-0.15, -0.1) is 0 Å². The summed E-state index contributed by atoms with van der Waals surface area (Å²) in [4.78, 5) is 4.64. The van der Waals surface area contributed by atoms with Crippen molar-refractivity contribution >= 4 is 16.6 Å². The van der Waals surface area contributed by atoms with Crippen molar-refractivity contribution in [1.29, 1.82) is 0 Å². The number of rotatable bonds is 4. The van der Waals surface area contributed by atoms with E-state index in [9.17, 15) is 0 Å². The standard InChI is InChI=1S/C14H18N2O/c1-3-6-10-9-12(15)11-7-5-8-13(17-4-2)14(11)16-10/h5,7-9H,3-4,6H2,1-2H3,(H2,15,16). The van der Waals surface area contributed by atoms with Crippen LogP contribution in [0.1, 0.15) is 26.0 Å². The highest BCUT2D eigenvalue weighted by atomic mass is 16.5. The van der Waals surface area contributed by atoms with E-state index in [4.69, 9.17) is 10.5 Å². The predicted molar refractivity (Wildman–Crippen MR) is 71.3 cm³/mol. The van der Waals surface area contributed by atoms with Crippen LogP contribution in [0, 0.1) is 0 Å². The van der Waals surface area contributed by atoms with E-state index in [-0.39, 0.29) is 0 Å². The Morgan fingerprint density at radius 1 is 1.29 bits per heavy atom. The number of nitrogens with zero attached hydrogens (tertiary/aromatic N) is 1. The number of para-hydroxylation sites is 1. The van der Waals surface area contributed by atoms with Gasteiger partial charge in [0.05, 0.1) is 6.61 Å². The molecule has 0 radical (unpaired) electrons. The zero-order valence-electron chi connectivity index (χ0n) is 10.4. The second-order valence-corrected chi connectivity index (χ2v) is 4.04. The van der Waals surface area contributed by atoms with Crippen LogP contribution in [0.3, 0.4) is 0 Å². The molecule has 1 aromatic carbocycles. The molecule has 17 heavy (non-hydrogen) atoms. The molecule has 0 aliphatic rings. The van der Waals surface area contributed by atoms with Crippen molar-refractivity contribution in [3.05, 3.63) is 30.0 Å². The van der Waals surface area contributed by atoms with Crippen LogP contribution in [0.2, 0.25) is 0 Å². The third-order valence-electron chi connectivity index (χ3n) is 2.69. The van der Waals surface area contributed by atoms with Crippen LogP contribution in [0.15, 0.2) is 24.3 Å². The Hall–Kier alpha value is -1.77. The maximum Gasteiger partial charge on any atom is 0.145 e. The molecule has 1 heterocycles. The fourth-order valence-corrected chi connectivity index (χ4v) is 1.96. The predicted octanol–water partition coefficient (Wildman–Crippen LogP) is 3.17. The minimum absolute atomic E-state index is 0.638. The van der Waals surface area contributed by atoms with Gasteiger partial charge in [-0.05, 0) is 25.5 Å². The number of aromatic nitrogens is 1. The molecule has 0 atom stereocenters. The first-order valence-electron chi connectivity index (χ1n) is 6.07. The first-order valence-corrected chi connectivity index (χ1v) is 6.07. The summed E-state index contributed by atoms with van der Waals surface area (Å²) in [5, 5.41) is 0.968. The van der Waals surface area contributed by atoms with Gasteiger partial charge in [0, 0.05) is 16.8 Å². The summed E-state index contributed by atoms with van der Waals surface area (Å²) in [5.74, 6) is 0.814. The van der Waals surface area contributed by atoms with Crippen molar-refractivity contribution in [2.75, 3.05) is 12.3 Å². The van der Waals surface area contributed by atoms with Crippen LogP contribution in [-0.2, 0) is 6.42 Å². The Balaban J connectivity index is 2.60.